The van der Waals surface area contributed by atoms with Crippen molar-refractivity contribution in [1.29, 1.82) is 0 Å². The lowest BCUT2D eigenvalue weighted by molar-refractivity contribution is 0.175. The molecule has 5 rings (SSSR count). The normalized spacial score (nSPS) is 24.8. The van der Waals surface area contributed by atoms with Gasteiger partial charge in [-0.05, 0) is 103 Å². The summed E-state index contributed by atoms with van der Waals surface area (Å²) in [5.41, 5.74) is 2.95. The second-order valence-corrected chi connectivity index (χ2v) is 12.6. The zero-order valence-electron chi connectivity index (χ0n) is 22.2. The van der Waals surface area contributed by atoms with E-state index in [4.69, 9.17) is 4.74 Å². The van der Waals surface area contributed by atoms with E-state index < -0.39 is 0 Å². The lowest BCUT2D eigenvalue weighted by atomic mass is 9.78. The molecule has 1 nitrogen and oxygen atoms in total. The topological polar surface area (TPSA) is 9.23 Å². The van der Waals surface area contributed by atoms with Crippen LogP contribution in [0.5, 0.6) is 5.75 Å². The molecule has 0 amide bonds. The number of benzene rings is 2. The molecule has 2 aliphatic carbocycles. The van der Waals surface area contributed by atoms with E-state index in [9.17, 15) is 0 Å². The first-order valence-corrected chi connectivity index (χ1v) is 15.4. The Kier molecular flexibility index (Phi) is 8.67. The molecule has 0 bridgehead atoms. The van der Waals surface area contributed by atoms with Gasteiger partial charge in [0.1, 0.15) is 0 Å². The first kappa shape index (κ1) is 25.8. The molecule has 2 fully saturated rings. The van der Waals surface area contributed by atoms with Crippen molar-refractivity contribution >= 4 is 21.4 Å². The Morgan fingerprint density at radius 1 is 0.806 bits per heavy atom. The average molecular weight is 507 g/mol. The Bertz CT molecular complexity index is 1100. The molecule has 36 heavy (non-hydrogen) atoms. The van der Waals surface area contributed by atoms with Crippen LogP contribution in [0.3, 0.4) is 0 Å². The minimum absolute atomic E-state index is 0.149. The molecule has 0 saturated heterocycles. The maximum atomic E-state index is 15.4. The lowest BCUT2D eigenvalue weighted by Gasteiger charge is -2.28. The molecule has 3 aromatic rings. The zero-order chi connectivity index (χ0) is 24.9. The fraction of sp³-hybridized carbons (Fsp3) is 0.576. The summed E-state index contributed by atoms with van der Waals surface area (Å²) >= 11 is 1.66. The van der Waals surface area contributed by atoms with Gasteiger partial charge in [0.2, 0.25) is 0 Å². The molecular weight excluding hydrogens is 463 g/mol. The molecule has 3 heteroatoms. The van der Waals surface area contributed by atoms with Gasteiger partial charge in [-0.25, -0.2) is 4.39 Å². The molecule has 0 aliphatic heterocycles. The highest BCUT2D eigenvalue weighted by atomic mass is 32.1. The number of thiophene rings is 1. The van der Waals surface area contributed by atoms with Crippen LogP contribution in [0.2, 0.25) is 0 Å². The molecule has 0 unspecified atom stereocenters. The summed E-state index contributed by atoms with van der Waals surface area (Å²) in [7, 11) is 0. The Morgan fingerprint density at radius 2 is 1.50 bits per heavy atom. The van der Waals surface area contributed by atoms with E-state index in [0.29, 0.717) is 30.1 Å². The second kappa shape index (κ2) is 12.1. The number of hydrogen-bond donors (Lipinski definition) is 0. The van der Waals surface area contributed by atoms with Gasteiger partial charge < -0.3 is 4.74 Å². The fourth-order valence-corrected chi connectivity index (χ4v) is 7.90. The molecule has 1 aromatic heterocycles. The van der Waals surface area contributed by atoms with Crippen LogP contribution >= 0.6 is 11.3 Å². The van der Waals surface area contributed by atoms with E-state index in [1.807, 2.05) is 6.07 Å². The van der Waals surface area contributed by atoms with Crippen molar-refractivity contribution in [3.05, 3.63) is 64.3 Å². The number of rotatable bonds is 9. The lowest BCUT2D eigenvalue weighted by Crippen LogP contribution is -2.20. The van der Waals surface area contributed by atoms with E-state index in [-0.39, 0.29) is 5.82 Å². The van der Waals surface area contributed by atoms with Crippen molar-refractivity contribution in [3.8, 4) is 5.75 Å². The minimum Gasteiger partial charge on any atom is -0.490 e. The Morgan fingerprint density at radius 3 is 2.19 bits per heavy atom. The number of halogens is 1. The van der Waals surface area contributed by atoms with Crippen LogP contribution in [-0.2, 0) is 6.42 Å². The van der Waals surface area contributed by atoms with E-state index in [2.05, 4.69) is 50.2 Å². The zero-order valence-corrected chi connectivity index (χ0v) is 23.1. The van der Waals surface area contributed by atoms with Gasteiger partial charge in [-0.3, -0.25) is 0 Å². The standard InChI is InChI=1S/C33H43FOS/c1-3-5-23-7-9-25(10-8-23)22-35-30-20-19-29-21-31(36-33(29)32(30)34)28-17-15-27(16-18-28)26-13-11-24(6-4-2)12-14-26/h11-14,19-21,23,25,27-28H,3-10,15-18,22H2,1-2H3. The van der Waals surface area contributed by atoms with Crippen molar-refractivity contribution < 1.29 is 9.13 Å². The van der Waals surface area contributed by atoms with Crippen LogP contribution < -0.4 is 4.74 Å². The molecule has 1 heterocycles. The summed E-state index contributed by atoms with van der Waals surface area (Å²) in [6, 6.07) is 15.5. The Balaban J connectivity index is 1.18. The Hall–Kier alpha value is -1.87. The van der Waals surface area contributed by atoms with Crippen molar-refractivity contribution in [2.75, 3.05) is 6.61 Å². The number of ether oxygens (including phenoxy) is 1. The summed E-state index contributed by atoms with van der Waals surface area (Å²) in [5.74, 6) is 2.99. The second-order valence-electron chi connectivity index (χ2n) is 11.5. The summed E-state index contributed by atoms with van der Waals surface area (Å²) in [5, 5.41) is 1.04. The molecule has 2 aromatic carbocycles. The fourth-order valence-electron chi connectivity index (χ4n) is 6.64. The summed E-state index contributed by atoms with van der Waals surface area (Å²) in [4.78, 5) is 1.35. The SMILES string of the molecule is CCCc1ccc(C2CCC(c3cc4ccc(OCC5CCC(CCC)CC5)c(F)c4s3)CC2)cc1. The maximum Gasteiger partial charge on any atom is 0.182 e. The van der Waals surface area contributed by atoms with Crippen LogP contribution in [0.25, 0.3) is 10.1 Å². The monoisotopic (exact) mass is 506 g/mol. The molecule has 2 aliphatic rings. The van der Waals surface area contributed by atoms with Gasteiger partial charge in [0.25, 0.3) is 0 Å². The van der Waals surface area contributed by atoms with E-state index in [1.54, 1.807) is 11.3 Å². The van der Waals surface area contributed by atoms with Crippen molar-refractivity contribution in [3.63, 3.8) is 0 Å². The largest absolute Gasteiger partial charge is 0.490 e. The van der Waals surface area contributed by atoms with Gasteiger partial charge in [0.05, 0.1) is 11.3 Å². The van der Waals surface area contributed by atoms with Crippen LogP contribution in [0.1, 0.15) is 112 Å². The third kappa shape index (κ3) is 5.98. The molecule has 194 valence electrons. The molecule has 0 radical (unpaired) electrons. The van der Waals surface area contributed by atoms with Crippen molar-refractivity contribution in [1.82, 2.24) is 0 Å². The summed E-state index contributed by atoms with van der Waals surface area (Å²) < 4.78 is 22.3. The molecule has 0 N–H and O–H groups in total. The predicted molar refractivity (Wildman–Crippen MR) is 152 cm³/mol. The number of fused-ring (bicyclic) bond motifs is 1. The van der Waals surface area contributed by atoms with Crippen LogP contribution in [-0.4, -0.2) is 6.61 Å². The molecule has 2 saturated carbocycles. The van der Waals surface area contributed by atoms with E-state index >= 15 is 4.39 Å². The summed E-state index contributed by atoms with van der Waals surface area (Å²) in [6.07, 6.45) is 14.9. The smallest absolute Gasteiger partial charge is 0.182 e. The highest BCUT2D eigenvalue weighted by molar-refractivity contribution is 7.19. The van der Waals surface area contributed by atoms with Crippen LogP contribution in [0, 0.1) is 17.7 Å². The van der Waals surface area contributed by atoms with Gasteiger partial charge in [-0.15, -0.1) is 11.3 Å². The number of hydrogen-bond acceptors (Lipinski definition) is 2. The van der Waals surface area contributed by atoms with Gasteiger partial charge in [0, 0.05) is 4.88 Å². The number of aryl methyl sites for hydroxylation is 1. The van der Waals surface area contributed by atoms with Crippen molar-refractivity contribution in [2.45, 2.75) is 103 Å². The third-order valence-corrected chi connectivity index (χ3v) is 10.2. The first-order valence-electron chi connectivity index (χ1n) is 14.6. The van der Waals surface area contributed by atoms with Gasteiger partial charge in [0.15, 0.2) is 11.6 Å². The third-order valence-electron chi connectivity index (χ3n) is 8.87. The average Bonchev–Trinajstić information content (AvgIpc) is 3.36. The Labute approximate surface area is 221 Å². The van der Waals surface area contributed by atoms with E-state index in [0.717, 1.165) is 16.0 Å². The summed E-state index contributed by atoms with van der Waals surface area (Å²) in [6.45, 7) is 5.17. The van der Waals surface area contributed by atoms with Crippen LogP contribution in [0.15, 0.2) is 42.5 Å². The highest BCUT2D eigenvalue weighted by Gasteiger charge is 2.26. The molecule has 0 spiro atoms. The highest BCUT2D eigenvalue weighted by Crippen LogP contribution is 2.45. The van der Waals surface area contributed by atoms with Crippen LogP contribution in [0.4, 0.5) is 4.39 Å². The quantitative estimate of drug-likeness (QED) is 0.280. The first-order chi connectivity index (χ1) is 17.6. The van der Waals surface area contributed by atoms with E-state index in [1.165, 1.54) is 93.1 Å². The van der Waals surface area contributed by atoms with Gasteiger partial charge in [-0.2, -0.15) is 0 Å². The van der Waals surface area contributed by atoms with Crippen molar-refractivity contribution in [2.24, 2.45) is 11.8 Å². The molecular formula is C33H43FOS. The van der Waals surface area contributed by atoms with Gasteiger partial charge >= 0.3 is 0 Å². The molecule has 0 atom stereocenters. The van der Waals surface area contributed by atoms with Gasteiger partial charge in [-0.1, -0.05) is 70.2 Å². The minimum atomic E-state index is -0.149. The predicted octanol–water partition coefficient (Wildman–Crippen LogP) is 10.4. The maximum absolute atomic E-state index is 15.4.